The van der Waals surface area contributed by atoms with Gasteiger partial charge >= 0.3 is 0 Å². The predicted molar refractivity (Wildman–Crippen MR) is 163 cm³/mol. The Morgan fingerprint density at radius 2 is 1.81 bits per heavy atom. The Bertz CT molecular complexity index is 1480. The van der Waals surface area contributed by atoms with Gasteiger partial charge < -0.3 is 10.2 Å². The smallest absolute Gasteiger partial charge is 0.253 e. The number of nitrogens with zero attached hydrogens (tertiary/aromatic N) is 7. The summed E-state index contributed by atoms with van der Waals surface area (Å²) in [5.41, 5.74) is 1.39. The first-order valence-corrected chi connectivity index (χ1v) is 15.5. The molecule has 43 heavy (non-hydrogen) atoms. The Morgan fingerprint density at radius 1 is 1.02 bits per heavy atom. The third-order valence-corrected chi connectivity index (χ3v) is 9.44. The van der Waals surface area contributed by atoms with Crippen LogP contribution in [-0.4, -0.2) is 65.4 Å². The number of hydrogen-bond donors (Lipinski definition) is 1. The summed E-state index contributed by atoms with van der Waals surface area (Å²) in [6, 6.07) is 11.9. The van der Waals surface area contributed by atoms with Crippen LogP contribution in [0.2, 0.25) is 5.02 Å². The van der Waals surface area contributed by atoms with Gasteiger partial charge in [-0.2, -0.15) is 10.2 Å². The van der Waals surface area contributed by atoms with Gasteiger partial charge in [-0.3, -0.25) is 14.3 Å². The van der Waals surface area contributed by atoms with E-state index in [9.17, 15) is 9.59 Å². The number of hydrogen-bond acceptors (Lipinski definition) is 6. The highest BCUT2D eigenvalue weighted by Crippen LogP contribution is 2.47. The normalized spacial score (nSPS) is 17.8. The molecular formula is C32H37ClN8O2. The molecule has 2 amide bonds. The van der Waals surface area contributed by atoms with Crippen LogP contribution in [0.3, 0.4) is 0 Å². The van der Waals surface area contributed by atoms with Gasteiger partial charge in [-0.05, 0) is 72.9 Å². The van der Waals surface area contributed by atoms with Crippen molar-refractivity contribution < 1.29 is 9.59 Å². The molecule has 1 saturated carbocycles. The molecular weight excluding hydrogens is 564 g/mol. The maximum atomic E-state index is 14.1. The van der Waals surface area contributed by atoms with E-state index in [0.29, 0.717) is 41.8 Å². The maximum absolute atomic E-state index is 14.1. The molecule has 6 rings (SSSR count). The fourth-order valence-electron chi connectivity index (χ4n) is 6.80. The van der Waals surface area contributed by atoms with Crippen LogP contribution >= 0.6 is 11.6 Å². The first kappa shape index (κ1) is 29.0. The lowest BCUT2D eigenvalue weighted by atomic mass is 9.63. The average molecular weight is 601 g/mol. The second-order valence-electron chi connectivity index (χ2n) is 11.8. The maximum Gasteiger partial charge on any atom is 0.253 e. The van der Waals surface area contributed by atoms with Gasteiger partial charge in [0.2, 0.25) is 5.91 Å². The zero-order valence-corrected chi connectivity index (χ0v) is 24.9. The van der Waals surface area contributed by atoms with Gasteiger partial charge in [-0.15, -0.1) is 0 Å². The van der Waals surface area contributed by atoms with Gasteiger partial charge in [0.1, 0.15) is 18.7 Å². The third-order valence-electron chi connectivity index (χ3n) is 9.19. The summed E-state index contributed by atoms with van der Waals surface area (Å²) in [6.45, 7) is 2.13. The Balaban J connectivity index is 1.18. The van der Waals surface area contributed by atoms with Crippen molar-refractivity contribution in [1.82, 2.24) is 39.7 Å². The van der Waals surface area contributed by atoms with E-state index in [0.717, 1.165) is 24.9 Å². The molecule has 11 heteroatoms. The van der Waals surface area contributed by atoms with Gasteiger partial charge in [0.15, 0.2) is 5.82 Å². The van der Waals surface area contributed by atoms with Crippen molar-refractivity contribution in [2.45, 2.75) is 64.0 Å². The lowest BCUT2D eigenvalue weighted by Crippen LogP contribution is -2.54. The number of likely N-dealkylation sites (tertiary alicyclic amines) is 1. The molecule has 0 radical (unpaired) electrons. The zero-order chi connectivity index (χ0) is 29.6. The van der Waals surface area contributed by atoms with Crippen LogP contribution < -0.4 is 5.32 Å². The lowest BCUT2D eigenvalue weighted by Gasteiger charge is -2.48. The first-order valence-electron chi connectivity index (χ1n) is 15.1. The van der Waals surface area contributed by atoms with E-state index in [1.807, 2.05) is 39.9 Å². The minimum atomic E-state index is -0.725. The Labute approximate surface area is 256 Å². The fourth-order valence-corrected chi connectivity index (χ4v) is 6.92. The van der Waals surface area contributed by atoms with E-state index in [4.69, 9.17) is 11.6 Å². The van der Waals surface area contributed by atoms with E-state index in [2.05, 4.69) is 25.5 Å². The summed E-state index contributed by atoms with van der Waals surface area (Å²) in [4.78, 5) is 38.0. The van der Waals surface area contributed by atoms with Gasteiger partial charge in [-0.1, -0.05) is 43.0 Å². The highest BCUT2D eigenvalue weighted by atomic mass is 35.5. The van der Waals surface area contributed by atoms with Gasteiger partial charge in [0.25, 0.3) is 5.91 Å². The molecule has 0 bridgehead atoms. The summed E-state index contributed by atoms with van der Waals surface area (Å²) < 4.78 is 3.59. The number of carbonyl (C=O) groups is 2. The van der Waals surface area contributed by atoms with Gasteiger partial charge in [-0.25, -0.2) is 14.6 Å². The van der Waals surface area contributed by atoms with E-state index in [1.54, 1.807) is 41.9 Å². The molecule has 1 aliphatic carbocycles. The highest BCUT2D eigenvalue weighted by Gasteiger charge is 2.43. The van der Waals surface area contributed by atoms with Crippen molar-refractivity contribution in [2.75, 3.05) is 13.1 Å². The largest absolute Gasteiger partial charge is 0.341 e. The summed E-state index contributed by atoms with van der Waals surface area (Å²) in [6.07, 6.45) is 16.8. The Kier molecular flexibility index (Phi) is 8.83. The van der Waals surface area contributed by atoms with Gasteiger partial charge in [0.05, 0.1) is 5.56 Å². The molecule has 4 heterocycles. The summed E-state index contributed by atoms with van der Waals surface area (Å²) in [5, 5.41) is 12.3. The second kappa shape index (κ2) is 13.1. The van der Waals surface area contributed by atoms with Crippen molar-refractivity contribution in [2.24, 2.45) is 11.3 Å². The standard InChI is InChI=1S/C32H37ClN8O2/c33-27-10-7-24(8-11-27)19-28(38-30(42)25-9-12-29(35-20-25)41-16-4-15-36-41)31(43)39-17-13-32(14-18-39,21-40-23-34-22-37-40)26-5-2-1-3-6-26/h4,7-12,15-16,20,22-23,26,28H,1-3,5-6,13-14,17-19,21H2,(H,38,42)/t28-/m1/s1. The summed E-state index contributed by atoms with van der Waals surface area (Å²) >= 11 is 6.12. The molecule has 0 spiro atoms. The number of amides is 2. The minimum Gasteiger partial charge on any atom is -0.341 e. The van der Waals surface area contributed by atoms with E-state index < -0.39 is 6.04 Å². The van der Waals surface area contributed by atoms with Crippen LogP contribution in [0.5, 0.6) is 0 Å². The Hall–Kier alpha value is -4.05. The number of aromatic nitrogens is 6. The quantitative estimate of drug-likeness (QED) is 0.297. The van der Waals surface area contributed by atoms with Crippen LogP contribution in [0, 0.1) is 11.3 Å². The number of nitrogens with one attached hydrogen (secondary N) is 1. The third kappa shape index (κ3) is 6.80. The number of carbonyl (C=O) groups excluding carboxylic acids is 2. The van der Waals surface area contributed by atoms with Gasteiger partial charge in [0, 0.05) is 49.7 Å². The molecule has 10 nitrogen and oxygen atoms in total. The van der Waals surface area contributed by atoms with Crippen LogP contribution in [-0.2, 0) is 17.8 Å². The number of halogens is 1. The van der Waals surface area contributed by atoms with Crippen LogP contribution in [0.25, 0.3) is 5.82 Å². The fraction of sp³-hybridized carbons (Fsp3) is 0.438. The van der Waals surface area contributed by atoms with Crippen molar-refractivity contribution in [1.29, 1.82) is 0 Å². The molecule has 1 N–H and O–H groups in total. The van der Waals surface area contributed by atoms with E-state index >= 15 is 0 Å². The molecule has 224 valence electrons. The highest BCUT2D eigenvalue weighted by molar-refractivity contribution is 6.30. The topological polar surface area (TPSA) is 111 Å². The number of piperidine rings is 1. The van der Waals surface area contributed by atoms with Crippen LogP contribution in [0.15, 0.2) is 73.7 Å². The average Bonchev–Trinajstić information content (AvgIpc) is 3.78. The molecule has 1 aromatic carbocycles. The molecule has 2 fully saturated rings. The molecule has 4 aromatic rings. The molecule has 3 aromatic heterocycles. The van der Waals surface area contributed by atoms with Crippen molar-refractivity contribution >= 4 is 23.4 Å². The molecule has 1 atom stereocenters. The zero-order valence-electron chi connectivity index (χ0n) is 24.2. The molecule has 1 saturated heterocycles. The minimum absolute atomic E-state index is 0.0672. The first-order chi connectivity index (χ1) is 21.0. The number of pyridine rings is 1. The predicted octanol–water partition coefficient (Wildman–Crippen LogP) is 4.74. The molecule has 1 aliphatic heterocycles. The van der Waals surface area contributed by atoms with Crippen LogP contribution in [0.1, 0.15) is 60.9 Å². The summed E-state index contributed by atoms with van der Waals surface area (Å²) in [7, 11) is 0. The lowest BCUT2D eigenvalue weighted by molar-refractivity contribution is -0.136. The van der Waals surface area contributed by atoms with Crippen molar-refractivity contribution in [3.63, 3.8) is 0 Å². The number of rotatable bonds is 9. The second-order valence-corrected chi connectivity index (χ2v) is 12.3. The molecule has 2 aliphatic rings. The Morgan fingerprint density at radius 3 is 2.47 bits per heavy atom. The number of benzene rings is 1. The SMILES string of the molecule is O=C(N[C@H](Cc1ccc(Cl)cc1)C(=O)N1CCC(Cn2cncn2)(C2CCCCC2)CC1)c1ccc(-n2cccn2)nc1. The van der Waals surface area contributed by atoms with E-state index in [-0.39, 0.29) is 17.2 Å². The van der Waals surface area contributed by atoms with Crippen LogP contribution in [0.4, 0.5) is 0 Å². The monoisotopic (exact) mass is 600 g/mol. The molecule has 0 unspecified atom stereocenters. The van der Waals surface area contributed by atoms with Crippen molar-refractivity contribution in [3.8, 4) is 5.82 Å². The van der Waals surface area contributed by atoms with Crippen molar-refractivity contribution in [3.05, 3.63) is 89.9 Å². The van der Waals surface area contributed by atoms with E-state index in [1.165, 1.54) is 38.3 Å². The summed E-state index contributed by atoms with van der Waals surface area (Å²) in [5.74, 6) is 0.814.